The summed E-state index contributed by atoms with van der Waals surface area (Å²) < 4.78 is 0.826. The van der Waals surface area contributed by atoms with Crippen molar-refractivity contribution in [1.29, 1.82) is 0 Å². The van der Waals surface area contributed by atoms with Gasteiger partial charge in [0.2, 0.25) is 0 Å². The van der Waals surface area contributed by atoms with Crippen LogP contribution in [0.1, 0.15) is 36.7 Å². The summed E-state index contributed by atoms with van der Waals surface area (Å²) in [6.45, 7) is 6.35. The van der Waals surface area contributed by atoms with Crippen molar-refractivity contribution in [2.24, 2.45) is 0 Å². The minimum Gasteiger partial charge on any atom is -0.426 e. The van der Waals surface area contributed by atoms with Crippen molar-refractivity contribution in [2.45, 2.75) is 26.2 Å². The molecule has 8 heteroatoms. The van der Waals surface area contributed by atoms with E-state index >= 15 is 0 Å². The fourth-order valence-corrected chi connectivity index (χ4v) is 3.38. The molecule has 0 saturated heterocycles. The summed E-state index contributed by atoms with van der Waals surface area (Å²) >= 11 is 0. The molecule has 0 unspecified atom stereocenters. The maximum Gasteiger partial charge on any atom is 0.271 e. The highest BCUT2D eigenvalue weighted by Gasteiger charge is 2.17. The Morgan fingerprint density at radius 3 is 2.28 bits per heavy atom. The van der Waals surface area contributed by atoms with Gasteiger partial charge in [-0.2, -0.15) is 4.73 Å². The highest BCUT2D eigenvalue weighted by molar-refractivity contribution is 6.04. The number of aromatic nitrogens is 2. The number of benzene rings is 3. The van der Waals surface area contributed by atoms with Crippen molar-refractivity contribution in [3.05, 3.63) is 88.0 Å². The van der Waals surface area contributed by atoms with Crippen molar-refractivity contribution in [3.63, 3.8) is 0 Å². The van der Waals surface area contributed by atoms with Crippen LogP contribution in [0.4, 0.5) is 11.4 Å². The summed E-state index contributed by atoms with van der Waals surface area (Å²) in [6, 6.07) is 18.4. The second-order valence-electron chi connectivity index (χ2n) is 8.54. The average molecular weight is 430 g/mol. The number of hydrogen-bond donors (Lipinski definition) is 2. The Bertz CT molecular complexity index is 1320. The molecule has 1 aromatic heterocycles. The fourth-order valence-electron chi connectivity index (χ4n) is 3.38. The Balaban J connectivity index is 1.54. The third kappa shape index (κ3) is 4.02. The quantitative estimate of drug-likeness (QED) is 0.256. The maximum absolute atomic E-state index is 12.6. The van der Waals surface area contributed by atoms with E-state index < -0.39 is 4.92 Å². The van der Waals surface area contributed by atoms with Crippen molar-refractivity contribution in [3.8, 4) is 11.4 Å². The fraction of sp³-hybridized carbons (Fsp3) is 0.167. The van der Waals surface area contributed by atoms with Crippen LogP contribution in [0.2, 0.25) is 0 Å². The highest BCUT2D eigenvalue weighted by Crippen LogP contribution is 2.27. The van der Waals surface area contributed by atoms with Crippen LogP contribution < -0.4 is 5.32 Å². The van der Waals surface area contributed by atoms with Crippen LogP contribution in [0.25, 0.3) is 22.4 Å². The monoisotopic (exact) mass is 430 g/mol. The van der Waals surface area contributed by atoms with E-state index in [9.17, 15) is 20.1 Å². The van der Waals surface area contributed by atoms with Crippen LogP contribution in [0.3, 0.4) is 0 Å². The number of nitro groups is 1. The minimum atomic E-state index is -0.528. The van der Waals surface area contributed by atoms with Crippen molar-refractivity contribution < 1.29 is 14.9 Å². The third-order valence-electron chi connectivity index (χ3n) is 5.24. The summed E-state index contributed by atoms with van der Waals surface area (Å²) in [7, 11) is 0. The van der Waals surface area contributed by atoms with E-state index in [2.05, 4.69) is 31.1 Å². The molecule has 0 radical (unpaired) electrons. The van der Waals surface area contributed by atoms with E-state index in [0.29, 0.717) is 22.3 Å². The van der Waals surface area contributed by atoms with Gasteiger partial charge in [0.25, 0.3) is 11.6 Å². The Hall–Kier alpha value is -4.20. The number of non-ortho nitro benzene ring substituents is 1. The van der Waals surface area contributed by atoms with E-state index in [-0.39, 0.29) is 28.4 Å². The molecule has 0 atom stereocenters. The van der Waals surface area contributed by atoms with Crippen LogP contribution in [0.5, 0.6) is 0 Å². The molecule has 3 aromatic carbocycles. The molecule has 162 valence electrons. The molecular formula is C24H22N4O4. The van der Waals surface area contributed by atoms with Crippen LogP contribution in [-0.4, -0.2) is 25.8 Å². The number of hydrogen-bond acceptors (Lipinski definition) is 5. The second kappa shape index (κ2) is 7.81. The first-order valence-electron chi connectivity index (χ1n) is 10.0. The van der Waals surface area contributed by atoms with Gasteiger partial charge in [-0.1, -0.05) is 32.9 Å². The van der Waals surface area contributed by atoms with Gasteiger partial charge in [-0.25, -0.2) is 4.98 Å². The molecule has 0 fully saturated rings. The lowest BCUT2D eigenvalue weighted by Gasteiger charge is -2.19. The highest BCUT2D eigenvalue weighted by atomic mass is 16.6. The third-order valence-corrected chi connectivity index (χ3v) is 5.24. The largest absolute Gasteiger partial charge is 0.426 e. The number of amides is 1. The van der Waals surface area contributed by atoms with E-state index in [1.807, 2.05) is 12.1 Å². The average Bonchev–Trinajstić information content (AvgIpc) is 3.09. The number of anilines is 1. The number of nitro benzene ring substituents is 1. The van der Waals surface area contributed by atoms with E-state index in [1.54, 1.807) is 36.4 Å². The van der Waals surface area contributed by atoms with Crippen molar-refractivity contribution in [2.75, 3.05) is 5.32 Å². The Kier molecular flexibility index (Phi) is 5.14. The minimum absolute atomic E-state index is 0.0129. The number of imidazole rings is 1. The number of carbonyl (C=O) groups excluding carboxylic acids is 1. The molecule has 0 spiro atoms. The molecule has 32 heavy (non-hydrogen) atoms. The molecule has 1 amide bonds. The van der Waals surface area contributed by atoms with Gasteiger partial charge >= 0.3 is 0 Å². The number of nitrogens with one attached hydrogen (secondary N) is 1. The number of carbonyl (C=O) groups is 1. The predicted molar refractivity (Wildman–Crippen MR) is 122 cm³/mol. The summed E-state index contributed by atoms with van der Waals surface area (Å²) in [5.41, 5.74) is 3.45. The van der Waals surface area contributed by atoms with Gasteiger partial charge in [0.05, 0.1) is 10.4 Å². The topological polar surface area (TPSA) is 110 Å². The van der Waals surface area contributed by atoms with E-state index in [1.165, 1.54) is 18.2 Å². The molecule has 0 aliphatic carbocycles. The molecule has 0 saturated carbocycles. The lowest BCUT2D eigenvalue weighted by molar-refractivity contribution is -0.384. The summed E-state index contributed by atoms with van der Waals surface area (Å²) in [4.78, 5) is 27.4. The Morgan fingerprint density at radius 2 is 1.69 bits per heavy atom. The summed E-state index contributed by atoms with van der Waals surface area (Å²) in [5, 5.41) is 24.3. The first-order chi connectivity index (χ1) is 15.1. The van der Waals surface area contributed by atoms with Gasteiger partial charge < -0.3 is 10.5 Å². The molecule has 4 rings (SSSR count). The standard InChI is InChI=1S/C24H22N4O4/c1-24(2,3)17-8-4-16(5-9-17)23(29)25-18-10-6-15(7-11-18)22-26-20-13-12-19(28(31)32)14-21(20)27(22)30/h4-14,30H,1-3H3,(H,25,29). The zero-order chi connectivity index (χ0) is 23.0. The SMILES string of the molecule is CC(C)(C)c1ccc(C(=O)Nc2ccc(-c3nc4ccc([N+](=O)[O-])cc4n3O)cc2)cc1. The first-order valence-corrected chi connectivity index (χ1v) is 10.0. The lowest BCUT2D eigenvalue weighted by Crippen LogP contribution is -2.14. The molecule has 8 nitrogen and oxygen atoms in total. The molecule has 2 N–H and O–H groups in total. The molecule has 0 aliphatic rings. The second-order valence-corrected chi connectivity index (χ2v) is 8.54. The number of nitrogens with zero attached hydrogens (tertiary/aromatic N) is 3. The van der Waals surface area contributed by atoms with Crippen LogP contribution in [0, 0.1) is 10.1 Å². The van der Waals surface area contributed by atoms with E-state index in [0.717, 1.165) is 10.3 Å². The zero-order valence-corrected chi connectivity index (χ0v) is 17.9. The van der Waals surface area contributed by atoms with Gasteiger partial charge in [-0.3, -0.25) is 14.9 Å². The summed E-state index contributed by atoms with van der Waals surface area (Å²) in [6.07, 6.45) is 0. The Labute approximate surface area is 184 Å². The predicted octanol–water partition coefficient (Wildman–Crippen LogP) is 5.40. The molecule has 0 aliphatic heterocycles. The summed E-state index contributed by atoms with van der Waals surface area (Å²) in [5.74, 6) is 0.0241. The first kappa shape index (κ1) is 21.0. The lowest BCUT2D eigenvalue weighted by atomic mass is 9.87. The zero-order valence-electron chi connectivity index (χ0n) is 17.9. The Morgan fingerprint density at radius 1 is 1.03 bits per heavy atom. The molecule has 4 aromatic rings. The van der Waals surface area contributed by atoms with Crippen LogP contribution >= 0.6 is 0 Å². The smallest absolute Gasteiger partial charge is 0.271 e. The molecule has 1 heterocycles. The molecule has 0 bridgehead atoms. The van der Waals surface area contributed by atoms with Gasteiger partial charge in [-0.15, -0.1) is 0 Å². The maximum atomic E-state index is 12.6. The van der Waals surface area contributed by atoms with Crippen LogP contribution in [0.15, 0.2) is 66.7 Å². The van der Waals surface area contributed by atoms with E-state index in [4.69, 9.17) is 0 Å². The normalized spacial score (nSPS) is 11.5. The van der Waals surface area contributed by atoms with Crippen molar-refractivity contribution >= 4 is 28.3 Å². The van der Waals surface area contributed by atoms with Crippen LogP contribution in [-0.2, 0) is 5.41 Å². The van der Waals surface area contributed by atoms with Gasteiger partial charge in [0, 0.05) is 28.9 Å². The molecular weight excluding hydrogens is 408 g/mol. The van der Waals surface area contributed by atoms with Gasteiger partial charge in [0.15, 0.2) is 5.82 Å². The number of fused-ring (bicyclic) bond motifs is 1. The van der Waals surface area contributed by atoms with Gasteiger partial charge in [0.1, 0.15) is 5.52 Å². The van der Waals surface area contributed by atoms with Gasteiger partial charge in [-0.05, 0) is 53.4 Å². The number of rotatable bonds is 4. The van der Waals surface area contributed by atoms with Crippen molar-refractivity contribution in [1.82, 2.24) is 9.71 Å².